The molecule has 0 bridgehead atoms. The number of hydrogen-bond donors (Lipinski definition) is 0. The maximum Gasteiger partial charge on any atom is 0.410 e. The Hall–Kier alpha value is -1.33. The van der Waals surface area contributed by atoms with Gasteiger partial charge in [-0.2, -0.15) is 0 Å². The smallest absolute Gasteiger partial charge is 0.410 e. The minimum absolute atomic E-state index is 0.239. The normalized spacial score (nSPS) is 18.9. The van der Waals surface area contributed by atoms with Gasteiger partial charge in [0.25, 0.3) is 0 Å². The molecule has 5 nitrogen and oxygen atoms in total. The number of ether oxygens (including phenoxy) is 2. The lowest BCUT2D eigenvalue weighted by atomic mass is 9.88. The van der Waals surface area contributed by atoms with Crippen molar-refractivity contribution in [2.24, 2.45) is 0 Å². The van der Waals surface area contributed by atoms with Crippen LogP contribution in [0.1, 0.15) is 77.7 Å². The van der Waals surface area contributed by atoms with Gasteiger partial charge in [0.1, 0.15) is 10.8 Å². The average Bonchev–Trinajstić information content (AvgIpc) is 2.61. The molecule has 164 valence electrons. The molecule has 0 aromatic carbocycles. The predicted molar refractivity (Wildman–Crippen MR) is 117 cm³/mol. The maximum absolute atomic E-state index is 12.1. The topological polar surface area (TPSA) is 51.7 Å². The summed E-state index contributed by atoms with van der Waals surface area (Å²) in [5.74, 6) is 0. The molecule has 1 amide bonds. The Bertz CT molecular complexity index is 627. The first-order valence-corrected chi connectivity index (χ1v) is 11.3. The number of pyridine rings is 1. The van der Waals surface area contributed by atoms with Crippen LogP contribution in [0.3, 0.4) is 0 Å². The summed E-state index contributed by atoms with van der Waals surface area (Å²) in [7, 11) is 1.82. The fourth-order valence-electron chi connectivity index (χ4n) is 3.45. The van der Waals surface area contributed by atoms with Gasteiger partial charge in [0.15, 0.2) is 0 Å². The maximum atomic E-state index is 12.1. The number of amides is 1. The summed E-state index contributed by atoms with van der Waals surface area (Å²) in [6.45, 7) is 6.49. The first-order valence-electron chi connectivity index (χ1n) is 10.9. The third-order valence-electron chi connectivity index (χ3n) is 5.33. The molecular weight excluding hydrogens is 388 g/mol. The molecule has 1 aliphatic carbocycles. The highest BCUT2D eigenvalue weighted by atomic mass is 35.5. The van der Waals surface area contributed by atoms with E-state index in [2.05, 4.69) is 11.1 Å². The van der Waals surface area contributed by atoms with Gasteiger partial charge in [-0.3, -0.25) is 0 Å². The van der Waals surface area contributed by atoms with Crippen LogP contribution in [0.5, 0.6) is 0 Å². The molecule has 1 saturated carbocycles. The standard InChI is InChI=1S/C23H37ClN2O3/c1-23(2,3)29-22(27)26(4)19-16-20(17-19)28-15-10-8-6-5-7-9-12-18-13-11-14-25-21(18)24/h11,13-14,19-20H,5-10,12,15-17H2,1-4H3. The summed E-state index contributed by atoms with van der Waals surface area (Å²) in [5, 5.41) is 0.639. The number of nitrogens with zero attached hydrogens (tertiary/aromatic N) is 2. The summed E-state index contributed by atoms with van der Waals surface area (Å²) in [4.78, 5) is 17.9. The number of aryl methyl sites for hydroxylation is 1. The van der Waals surface area contributed by atoms with E-state index in [0.717, 1.165) is 44.3 Å². The van der Waals surface area contributed by atoms with Crippen molar-refractivity contribution >= 4 is 17.7 Å². The minimum atomic E-state index is -0.448. The van der Waals surface area contributed by atoms with Gasteiger partial charge < -0.3 is 14.4 Å². The molecule has 6 heteroatoms. The van der Waals surface area contributed by atoms with Crippen LogP contribution >= 0.6 is 11.6 Å². The zero-order chi connectivity index (χ0) is 21.3. The molecule has 1 aliphatic rings. The van der Waals surface area contributed by atoms with Gasteiger partial charge in [-0.05, 0) is 64.5 Å². The molecule has 0 radical (unpaired) electrons. The van der Waals surface area contributed by atoms with Gasteiger partial charge in [-0.1, -0.05) is 43.4 Å². The second-order valence-corrected chi connectivity index (χ2v) is 9.39. The first-order chi connectivity index (χ1) is 13.8. The molecular formula is C23H37ClN2O3. The molecule has 1 aromatic rings. The number of unbranched alkanes of at least 4 members (excludes halogenated alkanes) is 5. The highest BCUT2D eigenvalue weighted by Crippen LogP contribution is 2.29. The highest BCUT2D eigenvalue weighted by molar-refractivity contribution is 6.30. The number of hydrogen-bond acceptors (Lipinski definition) is 4. The van der Waals surface area contributed by atoms with Crippen LogP contribution in [0.2, 0.25) is 5.15 Å². The zero-order valence-electron chi connectivity index (χ0n) is 18.5. The number of halogens is 1. The van der Waals surface area contributed by atoms with Gasteiger partial charge in [0.05, 0.1) is 6.10 Å². The lowest BCUT2D eigenvalue weighted by molar-refractivity contribution is -0.0518. The molecule has 29 heavy (non-hydrogen) atoms. The van der Waals surface area contributed by atoms with Crippen molar-refractivity contribution in [3.05, 3.63) is 29.0 Å². The van der Waals surface area contributed by atoms with E-state index in [1.807, 2.05) is 33.9 Å². The van der Waals surface area contributed by atoms with Crippen molar-refractivity contribution in [2.45, 2.75) is 96.3 Å². The van der Waals surface area contributed by atoms with Crippen LogP contribution in [0.25, 0.3) is 0 Å². The molecule has 1 aromatic heterocycles. The van der Waals surface area contributed by atoms with Crippen LogP contribution in [0.4, 0.5) is 4.79 Å². The van der Waals surface area contributed by atoms with Crippen LogP contribution in [-0.4, -0.2) is 47.4 Å². The predicted octanol–water partition coefficient (Wildman–Crippen LogP) is 6.03. The molecule has 1 heterocycles. The van der Waals surface area contributed by atoms with Crippen molar-refractivity contribution in [1.82, 2.24) is 9.88 Å². The van der Waals surface area contributed by atoms with E-state index in [4.69, 9.17) is 21.1 Å². The third-order valence-corrected chi connectivity index (χ3v) is 5.67. The van der Waals surface area contributed by atoms with E-state index in [1.54, 1.807) is 11.1 Å². The van der Waals surface area contributed by atoms with Crippen molar-refractivity contribution in [3.63, 3.8) is 0 Å². The van der Waals surface area contributed by atoms with Crippen molar-refractivity contribution in [1.29, 1.82) is 0 Å². The number of carbonyl (C=O) groups excluding carboxylic acids is 1. The van der Waals surface area contributed by atoms with E-state index in [1.165, 1.54) is 25.7 Å². The minimum Gasteiger partial charge on any atom is -0.444 e. The number of aromatic nitrogens is 1. The van der Waals surface area contributed by atoms with E-state index < -0.39 is 5.60 Å². The summed E-state index contributed by atoms with van der Waals surface area (Å²) in [5.41, 5.74) is 0.704. The Kier molecular flexibility index (Phi) is 9.70. The Balaban J connectivity index is 1.42. The Labute approximate surface area is 181 Å². The van der Waals surface area contributed by atoms with Gasteiger partial charge in [-0.25, -0.2) is 9.78 Å². The van der Waals surface area contributed by atoms with Gasteiger partial charge in [-0.15, -0.1) is 0 Å². The Morgan fingerprint density at radius 3 is 2.48 bits per heavy atom. The zero-order valence-corrected chi connectivity index (χ0v) is 19.2. The van der Waals surface area contributed by atoms with Crippen LogP contribution < -0.4 is 0 Å². The summed E-state index contributed by atoms with van der Waals surface area (Å²) >= 11 is 6.08. The summed E-state index contributed by atoms with van der Waals surface area (Å²) in [6, 6.07) is 4.24. The van der Waals surface area contributed by atoms with Crippen molar-refractivity contribution in [3.8, 4) is 0 Å². The van der Waals surface area contributed by atoms with Gasteiger partial charge >= 0.3 is 6.09 Å². The second kappa shape index (κ2) is 11.8. The van der Waals surface area contributed by atoms with Crippen molar-refractivity contribution < 1.29 is 14.3 Å². The summed E-state index contributed by atoms with van der Waals surface area (Å²) < 4.78 is 11.3. The van der Waals surface area contributed by atoms with Gasteiger partial charge in [0.2, 0.25) is 0 Å². The molecule has 0 aliphatic heterocycles. The Morgan fingerprint density at radius 2 is 1.83 bits per heavy atom. The summed E-state index contributed by atoms with van der Waals surface area (Å²) in [6.07, 6.45) is 11.8. The van der Waals surface area contributed by atoms with Gasteiger partial charge in [0, 0.05) is 25.9 Å². The molecule has 2 rings (SSSR count). The Morgan fingerprint density at radius 1 is 1.17 bits per heavy atom. The average molecular weight is 425 g/mol. The molecule has 0 unspecified atom stereocenters. The quantitative estimate of drug-likeness (QED) is 0.321. The van der Waals surface area contributed by atoms with E-state index in [-0.39, 0.29) is 18.2 Å². The van der Waals surface area contributed by atoms with E-state index in [9.17, 15) is 4.79 Å². The SMILES string of the molecule is CN(C(=O)OC(C)(C)C)C1CC(OCCCCCCCCc2cccnc2Cl)C1. The monoisotopic (exact) mass is 424 g/mol. The molecule has 1 fully saturated rings. The number of carbonyl (C=O) groups is 1. The number of rotatable bonds is 11. The lowest BCUT2D eigenvalue weighted by Crippen LogP contribution is -2.50. The van der Waals surface area contributed by atoms with Crippen LogP contribution in [0, 0.1) is 0 Å². The molecule has 0 saturated heterocycles. The van der Waals surface area contributed by atoms with Crippen molar-refractivity contribution in [2.75, 3.05) is 13.7 Å². The molecule has 0 atom stereocenters. The lowest BCUT2D eigenvalue weighted by Gasteiger charge is -2.41. The highest BCUT2D eigenvalue weighted by Gasteiger charge is 2.36. The fraction of sp³-hybridized carbons (Fsp3) is 0.739. The van der Waals surface area contributed by atoms with E-state index >= 15 is 0 Å². The second-order valence-electron chi connectivity index (χ2n) is 9.03. The fourth-order valence-corrected chi connectivity index (χ4v) is 3.67. The first kappa shape index (κ1) is 23.9. The largest absolute Gasteiger partial charge is 0.444 e. The van der Waals surface area contributed by atoms with Crippen LogP contribution in [-0.2, 0) is 15.9 Å². The molecule has 0 N–H and O–H groups in total. The van der Waals surface area contributed by atoms with Crippen LogP contribution in [0.15, 0.2) is 18.3 Å². The third kappa shape index (κ3) is 8.91. The molecule has 0 spiro atoms. The van der Waals surface area contributed by atoms with E-state index in [0.29, 0.717) is 5.15 Å².